The minimum absolute atomic E-state index is 0.000654. The van der Waals surface area contributed by atoms with Crippen LogP contribution in [-0.2, 0) is 43.5 Å². The van der Waals surface area contributed by atoms with E-state index in [2.05, 4.69) is 40.9 Å². The average molecular weight is 1350 g/mol. The van der Waals surface area contributed by atoms with Gasteiger partial charge >= 0.3 is 12.1 Å². The number of aliphatic hydroxyl groups is 1. The molecule has 0 radical (unpaired) electrons. The number of methoxy groups -OCH3 is 1. The molecule has 9 rings (SSSR count). The van der Waals surface area contributed by atoms with Crippen LogP contribution in [0.1, 0.15) is 55.5 Å². The van der Waals surface area contributed by atoms with Gasteiger partial charge in [-0.3, -0.25) is 19.8 Å². The largest absolute Gasteiger partial charge is 0.496 e. The second-order valence-corrected chi connectivity index (χ2v) is 24.4. The molecule has 27 heteroatoms. The van der Waals surface area contributed by atoms with E-state index in [9.17, 15) is 33.8 Å². The lowest BCUT2D eigenvalue weighted by Crippen LogP contribution is -2.57. The minimum Gasteiger partial charge on any atom is -0.496 e. The predicted octanol–water partition coefficient (Wildman–Crippen LogP) is 10.1. The number of piperazine rings is 1. The maximum absolute atomic E-state index is 14.4. The van der Waals surface area contributed by atoms with E-state index in [0.29, 0.717) is 152 Å². The Morgan fingerprint density at radius 1 is 0.854 bits per heavy atom. The molecule has 5 aromatic carbocycles. The summed E-state index contributed by atoms with van der Waals surface area (Å²) in [4.78, 5) is 76.0. The fourth-order valence-corrected chi connectivity index (χ4v) is 12.2. The maximum atomic E-state index is 14.4. The summed E-state index contributed by atoms with van der Waals surface area (Å²) in [6.07, 6.45) is 1.31. The number of nitrogens with two attached hydrogens (primary N) is 1. The highest BCUT2D eigenvalue weighted by molar-refractivity contribution is 7.22. The lowest BCUT2D eigenvalue weighted by molar-refractivity contribution is -0.145. The average Bonchev–Trinajstić information content (AvgIpc) is 1.58. The number of amides is 3. The van der Waals surface area contributed by atoms with Crippen LogP contribution in [0, 0.1) is 24.2 Å². The van der Waals surface area contributed by atoms with Crippen molar-refractivity contribution >= 4 is 62.7 Å². The molecule has 96 heavy (non-hydrogen) atoms. The third-order valence-corrected chi connectivity index (χ3v) is 17.6. The lowest BCUT2D eigenvalue weighted by Gasteiger charge is -2.34. The number of halogens is 2. The fraction of sp³-hybridized carbons (Fsp3) is 0.362. The second-order valence-electron chi connectivity index (χ2n) is 23.0. The zero-order valence-electron chi connectivity index (χ0n) is 53.7. The van der Waals surface area contributed by atoms with Crippen molar-refractivity contribution in [2.45, 2.75) is 84.1 Å². The number of aliphatic hydroxyl groups excluding tert-OH is 1. The topological polar surface area (TPSA) is 320 Å². The number of aliphatic carboxylic acids is 1. The molecule has 0 saturated carbocycles. The van der Waals surface area contributed by atoms with E-state index < -0.39 is 54.1 Å². The molecule has 506 valence electrons. The number of unbranched alkanes of at least 4 members (excludes halogenated alkanes) is 1. The number of hydrogen-bond acceptors (Lipinski definition) is 21. The Hall–Kier alpha value is -9.28. The Balaban J connectivity index is 0.793. The number of benzene rings is 5. The Morgan fingerprint density at radius 2 is 1.60 bits per heavy atom. The molecule has 1 aliphatic heterocycles. The summed E-state index contributed by atoms with van der Waals surface area (Å²) < 4.78 is 49.9. The molecular formula is C69H78ClFN12O12S. The van der Waals surface area contributed by atoms with Gasteiger partial charge in [0.15, 0.2) is 5.82 Å². The van der Waals surface area contributed by atoms with Gasteiger partial charge in [0, 0.05) is 61.5 Å². The number of ether oxygens (including phenoxy) is 6. The molecule has 1 saturated heterocycles. The Morgan fingerprint density at radius 3 is 2.33 bits per heavy atom. The van der Waals surface area contributed by atoms with Gasteiger partial charge in [-0.1, -0.05) is 92.5 Å². The Bertz CT molecular complexity index is 3940. The van der Waals surface area contributed by atoms with Gasteiger partial charge in [0.25, 0.3) is 0 Å². The SMILES string of the molecule is COc1ccccc1-c1nccc(COc2ccccc2C[C@@H](Oc2ncnc3sc(-c4ccc(F)cc4)c(-c4ccc(OCCN5CCN(C(=O)OCc6ccc(NC(=O)[C@H](CCCCN)NC(O)[C@@H](NC(=O)COCCN=N)C(C)C)cc6)CC5)c(Cl)c4C)c23)C(=O)O)n1. The number of nitrogens with one attached hydrogen (secondary N) is 4. The summed E-state index contributed by atoms with van der Waals surface area (Å²) in [5, 5.41) is 34.6. The number of thiophene rings is 1. The standard InChI is InChI=1S/C69H78ClFN12O12S/c1-42(2)61(81-57(84)40-91-35-29-77-73)65(86)80-52(13-9-10-27-72)64(85)79-48-22-16-44(17-23-48)38-94-69(89)83-32-30-82(31-33-83)34-36-92-55-25-24-50(43(3)60(55)70)58-59-66(75-41-76-67(59)96-62(58)45-18-20-47(71)21-19-45)95-56(68(87)88)37-46-11-5-7-14-53(46)93-39-49-26-28-74-63(78-49)51-12-6-8-15-54(51)90-4/h5-8,11-12,14-26,28,41-42,52,56,61,65,73,80,86H,9-10,13,27,29-40,72H2,1-4H3,(H,79,85)(H,81,84)(H,87,88)/t52-,56+,61-,65?/m0/s1. The number of carbonyl (C=O) groups excluding carboxylic acids is 3. The quantitative estimate of drug-likeness (QED) is 0.0112. The van der Waals surface area contributed by atoms with Crippen LogP contribution in [0.3, 0.4) is 0 Å². The third-order valence-electron chi connectivity index (χ3n) is 16.0. The van der Waals surface area contributed by atoms with Gasteiger partial charge < -0.3 is 59.9 Å². The van der Waals surface area contributed by atoms with Gasteiger partial charge in [0.2, 0.25) is 23.8 Å². The number of carboxylic acids is 1. The number of fused-ring (bicyclic) bond motifs is 1. The van der Waals surface area contributed by atoms with Gasteiger partial charge in [-0.25, -0.2) is 39.4 Å². The third kappa shape index (κ3) is 19.0. The Kier molecular flexibility index (Phi) is 25.8. The predicted molar refractivity (Wildman–Crippen MR) is 361 cm³/mol. The molecule has 8 aromatic rings. The monoisotopic (exact) mass is 1350 g/mol. The normalized spacial score (nSPS) is 13.7. The molecule has 3 aromatic heterocycles. The number of rotatable bonds is 34. The Labute approximate surface area is 564 Å². The lowest BCUT2D eigenvalue weighted by atomic mass is 9.96. The van der Waals surface area contributed by atoms with Crippen molar-refractivity contribution in [1.82, 2.24) is 40.4 Å². The summed E-state index contributed by atoms with van der Waals surface area (Å²) in [6.45, 7) is 8.76. The highest BCUT2D eigenvalue weighted by Gasteiger charge is 2.32. The number of nitrogens with zero attached hydrogens (tertiary/aromatic N) is 7. The summed E-state index contributed by atoms with van der Waals surface area (Å²) in [7, 11) is 1.58. The van der Waals surface area contributed by atoms with Gasteiger partial charge in [-0.05, 0) is 115 Å². The van der Waals surface area contributed by atoms with Gasteiger partial charge in [-0.2, -0.15) is 5.11 Å². The van der Waals surface area contributed by atoms with Crippen LogP contribution < -0.4 is 40.6 Å². The number of para-hydroxylation sites is 2. The molecule has 1 aliphatic rings. The van der Waals surface area contributed by atoms with Crippen LogP contribution in [0.25, 0.3) is 43.2 Å². The summed E-state index contributed by atoms with van der Waals surface area (Å²) in [6, 6.07) is 31.3. The van der Waals surface area contributed by atoms with Crippen LogP contribution in [0.4, 0.5) is 14.9 Å². The highest BCUT2D eigenvalue weighted by Crippen LogP contribution is 2.49. The van der Waals surface area contributed by atoms with Crippen LogP contribution >= 0.6 is 22.9 Å². The van der Waals surface area contributed by atoms with Crippen molar-refractivity contribution in [3.63, 3.8) is 0 Å². The summed E-state index contributed by atoms with van der Waals surface area (Å²) >= 11 is 8.50. The van der Waals surface area contributed by atoms with E-state index in [-0.39, 0.29) is 57.8 Å². The van der Waals surface area contributed by atoms with Crippen molar-refractivity contribution in [1.29, 1.82) is 5.53 Å². The molecular weight excluding hydrogens is 1280 g/mol. The van der Waals surface area contributed by atoms with Gasteiger partial charge in [0.05, 0.1) is 54.0 Å². The molecule has 4 atom stereocenters. The summed E-state index contributed by atoms with van der Waals surface area (Å²) in [5.41, 5.74) is 18.3. The minimum atomic E-state index is -1.45. The van der Waals surface area contributed by atoms with Gasteiger partial charge in [0.1, 0.15) is 66.9 Å². The molecule has 4 heterocycles. The first-order valence-corrected chi connectivity index (χ1v) is 32.6. The molecule has 0 spiro atoms. The van der Waals surface area contributed by atoms with Crippen LogP contribution in [-0.4, -0.2) is 161 Å². The van der Waals surface area contributed by atoms with E-state index >= 15 is 0 Å². The maximum Gasteiger partial charge on any atom is 0.410 e. The zero-order chi connectivity index (χ0) is 68.1. The van der Waals surface area contributed by atoms with Crippen LogP contribution in [0.15, 0.2) is 133 Å². The van der Waals surface area contributed by atoms with E-state index in [0.717, 1.165) is 0 Å². The van der Waals surface area contributed by atoms with Crippen molar-refractivity contribution in [3.05, 3.63) is 161 Å². The van der Waals surface area contributed by atoms with Gasteiger partial charge in [-0.15, -0.1) is 11.3 Å². The first kappa shape index (κ1) is 71.0. The smallest absolute Gasteiger partial charge is 0.410 e. The zero-order valence-corrected chi connectivity index (χ0v) is 55.2. The fourth-order valence-electron chi connectivity index (χ4n) is 10.8. The molecule has 1 fully saturated rings. The van der Waals surface area contributed by atoms with Crippen molar-refractivity contribution in [2.75, 3.05) is 78.1 Å². The number of aromatic nitrogens is 4. The molecule has 8 N–H and O–H groups in total. The van der Waals surface area contributed by atoms with E-state index in [4.69, 9.17) is 56.3 Å². The number of anilines is 1. The van der Waals surface area contributed by atoms with E-state index in [1.54, 1.807) is 91.0 Å². The van der Waals surface area contributed by atoms with Crippen LogP contribution in [0.5, 0.6) is 23.1 Å². The van der Waals surface area contributed by atoms with Crippen LogP contribution in [0.2, 0.25) is 5.02 Å². The number of carboxylic acid groups (broad SMARTS) is 1. The van der Waals surface area contributed by atoms with Crippen molar-refractivity contribution in [3.8, 4) is 56.1 Å². The van der Waals surface area contributed by atoms with E-state index in [1.807, 2.05) is 51.1 Å². The molecule has 0 aliphatic carbocycles. The van der Waals surface area contributed by atoms with Crippen molar-refractivity contribution in [2.24, 2.45) is 16.8 Å². The second kappa shape index (κ2) is 34.9. The van der Waals surface area contributed by atoms with Crippen molar-refractivity contribution < 1.29 is 62.2 Å². The molecule has 3 amide bonds. The van der Waals surface area contributed by atoms with E-state index in [1.165, 1.54) is 29.8 Å². The number of hydrogen-bond donors (Lipinski definition) is 7. The number of carbonyl (C=O) groups is 4. The molecule has 1 unspecified atom stereocenters. The molecule has 0 bridgehead atoms. The highest BCUT2D eigenvalue weighted by atomic mass is 35.5. The first-order chi connectivity index (χ1) is 46.5. The first-order valence-electron chi connectivity index (χ1n) is 31.4. The molecule has 24 nitrogen and oxygen atoms in total. The summed E-state index contributed by atoms with van der Waals surface area (Å²) in [5.74, 6) is -0.757.